The number of benzene rings is 1. The fourth-order valence-corrected chi connectivity index (χ4v) is 3.30. The molecule has 3 nitrogen and oxygen atoms in total. The third-order valence-corrected chi connectivity index (χ3v) is 4.93. The molecule has 1 heterocycles. The molecule has 0 aliphatic rings. The average molecular weight is 353 g/mol. The van der Waals surface area contributed by atoms with Gasteiger partial charge >= 0.3 is 0 Å². The molecule has 0 amide bonds. The zero-order valence-corrected chi connectivity index (χ0v) is 13.3. The molecule has 0 spiro atoms. The molecule has 2 aromatic rings. The van der Waals surface area contributed by atoms with Crippen molar-refractivity contribution in [2.45, 2.75) is 23.6 Å². The number of pyridine rings is 1. The standard InChI is InChI=1S/C15H17BrN2OS/c16-12-7-4-8-18-15(12)20-10-14(19)13(17)9-11-5-2-1-3-6-11/h1-8,13-14,19H,9-10,17H2. The number of rotatable bonds is 6. The van der Waals surface area contributed by atoms with E-state index in [1.807, 2.05) is 42.5 Å². The van der Waals surface area contributed by atoms with Crippen LogP contribution in [-0.2, 0) is 6.42 Å². The number of hydrogen-bond donors (Lipinski definition) is 2. The second-order valence-corrected chi connectivity index (χ2v) is 6.39. The lowest BCUT2D eigenvalue weighted by atomic mass is 10.0. The van der Waals surface area contributed by atoms with Crippen LogP contribution in [0.5, 0.6) is 0 Å². The van der Waals surface area contributed by atoms with Crippen molar-refractivity contribution >= 4 is 27.7 Å². The average Bonchev–Trinajstić information content (AvgIpc) is 2.47. The first-order chi connectivity index (χ1) is 9.66. The molecule has 3 N–H and O–H groups in total. The summed E-state index contributed by atoms with van der Waals surface area (Å²) in [4.78, 5) is 4.26. The molecule has 0 saturated heterocycles. The van der Waals surface area contributed by atoms with Gasteiger partial charge in [0.25, 0.3) is 0 Å². The molecule has 106 valence electrons. The summed E-state index contributed by atoms with van der Waals surface area (Å²) >= 11 is 4.95. The largest absolute Gasteiger partial charge is 0.391 e. The van der Waals surface area contributed by atoms with Crippen molar-refractivity contribution in [1.82, 2.24) is 4.98 Å². The van der Waals surface area contributed by atoms with E-state index in [1.165, 1.54) is 11.8 Å². The summed E-state index contributed by atoms with van der Waals surface area (Å²) in [7, 11) is 0. The van der Waals surface area contributed by atoms with Crippen molar-refractivity contribution in [1.29, 1.82) is 0 Å². The van der Waals surface area contributed by atoms with Crippen molar-refractivity contribution in [2.75, 3.05) is 5.75 Å². The van der Waals surface area contributed by atoms with E-state index in [4.69, 9.17) is 5.73 Å². The van der Waals surface area contributed by atoms with Gasteiger partial charge in [0.1, 0.15) is 5.03 Å². The van der Waals surface area contributed by atoms with Crippen LogP contribution in [0.3, 0.4) is 0 Å². The summed E-state index contributed by atoms with van der Waals surface area (Å²) in [5, 5.41) is 11.0. The molecule has 0 aliphatic heterocycles. The van der Waals surface area contributed by atoms with E-state index in [1.54, 1.807) is 6.20 Å². The Morgan fingerprint density at radius 3 is 2.65 bits per heavy atom. The monoisotopic (exact) mass is 352 g/mol. The maximum atomic E-state index is 10.1. The van der Waals surface area contributed by atoms with Crippen LogP contribution in [0, 0.1) is 0 Å². The number of nitrogens with two attached hydrogens (primary N) is 1. The van der Waals surface area contributed by atoms with Crippen molar-refractivity contribution < 1.29 is 5.11 Å². The van der Waals surface area contributed by atoms with E-state index >= 15 is 0 Å². The Kier molecular flexibility index (Phi) is 6.04. The molecule has 2 atom stereocenters. The minimum absolute atomic E-state index is 0.271. The number of halogens is 1. The van der Waals surface area contributed by atoms with Gasteiger partial charge in [-0.2, -0.15) is 0 Å². The van der Waals surface area contributed by atoms with Gasteiger partial charge in [0, 0.05) is 22.5 Å². The minimum Gasteiger partial charge on any atom is -0.391 e. The fourth-order valence-electron chi connectivity index (χ4n) is 1.79. The Morgan fingerprint density at radius 1 is 1.20 bits per heavy atom. The molecule has 2 unspecified atom stereocenters. The van der Waals surface area contributed by atoms with E-state index in [0.717, 1.165) is 15.1 Å². The van der Waals surface area contributed by atoms with Gasteiger partial charge in [0.2, 0.25) is 0 Å². The second kappa shape index (κ2) is 7.78. The van der Waals surface area contributed by atoms with Crippen molar-refractivity contribution in [3.8, 4) is 0 Å². The maximum Gasteiger partial charge on any atom is 0.110 e. The summed E-state index contributed by atoms with van der Waals surface area (Å²) in [5.41, 5.74) is 7.20. The third kappa shape index (κ3) is 4.59. The normalized spacial score (nSPS) is 13.9. The number of aromatic nitrogens is 1. The smallest absolute Gasteiger partial charge is 0.110 e. The summed E-state index contributed by atoms with van der Waals surface area (Å²) in [6.07, 6.45) is 1.85. The van der Waals surface area contributed by atoms with Crippen molar-refractivity contribution in [3.63, 3.8) is 0 Å². The highest BCUT2D eigenvalue weighted by atomic mass is 79.9. The van der Waals surface area contributed by atoms with E-state index in [2.05, 4.69) is 20.9 Å². The third-order valence-electron chi connectivity index (χ3n) is 2.92. The number of hydrogen-bond acceptors (Lipinski definition) is 4. The highest BCUT2D eigenvalue weighted by Crippen LogP contribution is 2.25. The zero-order chi connectivity index (χ0) is 14.4. The first-order valence-electron chi connectivity index (χ1n) is 6.37. The summed E-state index contributed by atoms with van der Waals surface area (Å²) in [6.45, 7) is 0. The van der Waals surface area contributed by atoms with Gasteiger partial charge in [-0.1, -0.05) is 30.3 Å². The predicted octanol–water partition coefficient (Wildman–Crippen LogP) is 2.87. The van der Waals surface area contributed by atoms with Crippen LogP contribution in [0.1, 0.15) is 5.56 Å². The van der Waals surface area contributed by atoms with Gasteiger partial charge in [-0.15, -0.1) is 11.8 Å². The van der Waals surface area contributed by atoms with Gasteiger partial charge in [0.05, 0.1) is 6.10 Å². The van der Waals surface area contributed by atoms with Crippen LogP contribution in [0.25, 0.3) is 0 Å². The first-order valence-corrected chi connectivity index (χ1v) is 8.15. The second-order valence-electron chi connectivity index (χ2n) is 4.52. The highest BCUT2D eigenvalue weighted by Gasteiger charge is 2.16. The molecule has 0 radical (unpaired) electrons. The van der Waals surface area contributed by atoms with Crippen molar-refractivity contribution in [2.24, 2.45) is 5.73 Å². The quantitative estimate of drug-likeness (QED) is 0.784. The van der Waals surface area contributed by atoms with E-state index in [-0.39, 0.29) is 6.04 Å². The van der Waals surface area contributed by atoms with Crippen molar-refractivity contribution in [3.05, 3.63) is 58.7 Å². The molecule has 0 fully saturated rings. The summed E-state index contributed by atoms with van der Waals surface area (Å²) in [5.74, 6) is 0.531. The molecule has 0 aliphatic carbocycles. The van der Waals surface area contributed by atoms with E-state index in [0.29, 0.717) is 12.2 Å². The Morgan fingerprint density at radius 2 is 1.95 bits per heavy atom. The molecule has 1 aromatic carbocycles. The predicted molar refractivity (Wildman–Crippen MR) is 86.8 cm³/mol. The lowest BCUT2D eigenvalue weighted by Gasteiger charge is -2.18. The van der Waals surface area contributed by atoms with Crippen LogP contribution in [-0.4, -0.2) is 28.0 Å². The van der Waals surface area contributed by atoms with Crippen LogP contribution in [0.2, 0.25) is 0 Å². The molecule has 2 rings (SSSR count). The van der Waals surface area contributed by atoms with Gasteiger partial charge in [-0.25, -0.2) is 4.98 Å². The molecule has 0 saturated carbocycles. The van der Waals surface area contributed by atoms with Crippen LogP contribution < -0.4 is 5.73 Å². The maximum absolute atomic E-state index is 10.1. The zero-order valence-electron chi connectivity index (χ0n) is 10.9. The lowest BCUT2D eigenvalue weighted by Crippen LogP contribution is -2.38. The number of nitrogens with zero attached hydrogens (tertiary/aromatic N) is 1. The van der Waals surface area contributed by atoms with E-state index < -0.39 is 6.10 Å². The minimum atomic E-state index is -0.561. The first kappa shape index (κ1) is 15.5. The molecule has 0 bridgehead atoms. The van der Waals surface area contributed by atoms with Crippen LogP contribution in [0.4, 0.5) is 0 Å². The Bertz CT molecular complexity index is 538. The molecule has 20 heavy (non-hydrogen) atoms. The Labute approximate surface area is 131 Å². The molecule has 1 aromatic heterocycles. The number of aliphatic hydroxyl groups is 1. The fraction of sp³-hybridized carbons (Fsp3) is 0.267. The number of thioether (sulfide) groups is 1. The summed E-state index contributed by atoms with van der Waals surface area (Å²) < 4.78 is 0.939. The van der Waals surface area contributed by atoms with Crippen LogP contribution >= 0.6 is 27.7 Å². The van der Waals surface area contributed by atoms with Gasteiger partial charge < -0.3 is 10.8 Å². The van der Waals surface area contributed by atoms with Gasteiger partial charge in [0.15, 0.2) is 0 Å². The summed E-state index contributed by atoms with van der Waals surface area (Å²) in [6, 6.07) is 13.5. The highest BCUT2D eigenvalue weighted by molar-refractivity contribution is 9.10. The molecular weight excluding hydrogens is 336 g/mol. The van der Waals surface area contributed by atoms with Crippen LogP contribution in [0.15, 0.2) is 58.2 Å². The SMILES string of the molecule is NC(Cc1ccccc1)C(O)CSc1ncccc1Br. The number of aliphatic hydroxyl groups excluding tert-OH is 1. The van der Waals surface area contributed by atoms with E-state index in [9.17, 15) is 5.11 Å². The topological polar surface area (TPSA) is 59.1 Å². The lowest BCUT2D eigenvalue weighted by molar-refractivity contribution is 0.167. The molecule has 5 heteroatoms. The van der Waals surface area contributed by atoms with Gasteiger partial charge in [-0.05, 0) is 40.0 Å². The Balaban J connectivity index is 1.85. The van der Waals surface area contributed by atoms with Gasteiger partial charge in [-0.3, -0.25) is 0 Å². The Hall–Kier alpha value is -0.880. The molecular formula is C15H17BrN2OS.